The number of halogens is 1. The number of aryl methyl sites for hydroxylation is 1. The highest BCUT2D eigenvalue weighted by atomic mass is 32.2. The summed E-state index contributed by atoms with van der Waals surface area (Å²) in [6.45, 7) is 2.13. The van der Waals surface area contributed by atoms with Crippen LogP contribution >= 0.6 is 11.3 Å². The van der Waals surface area contributed by atoms with Crippen molar-refractivity contribution < 1.29 is 17.6 Å². The molecular weight excluding hydrogens is 463 g/mol. The van der Waals surface area contributed by atoms with E-state index in [1.54, 1.807) is 35.9 Å². The zero-order valence-corrected chi connectivity index (χ0v) is 19.4. The molecule has 1 N–H and O–H groups in total. The lowest BCUT2D eigenvalue weighted by Crippen LogP contribution is -2.23. The Morgan fingerprint density at radius 3 is 2.79 bits per heavy atom. The summed E-state index contributed by atoms with van der Waals surface area (Å²) in [4.78, 5) is 18.9. The van der Waals surface area contributed by atoms with Crippen molar-refractivity contribution in [2.45, 2.75) is 25.9 Å². The molecule has 1 aliphatic heterocycles. The summed E-state index contributed by atoms with van der Waals surface area (Å²) >= 11 is 1.54. The number of nitrogens with zero attached hydrogens (tertiary/aromatic N) is 3. The Morgan fingerprint density at radius 2 is 2.09 bits per heavy atom. The van der Waals surface area contributed by atoms with E-state index in [1.165, 1.54) is 17.4 Å². The molecule has 4 heterocycles. The van der Waals surface area contributed by atoms with Gasteiger partial charge in [-0.2, -0.15) is 5.10 Å². The average molecular weight is 485 g/mol. The monoisotopic (exact) mass is 484 g/mol. The van der Waals surface area contributed by atoms with Crippen LogP contribution in [0, 0.1) is 12.7 Å². The molecule has 1 fully saturated rings. The van der Waals surface area contributed by atoms with Gasteiger partial charge in [0.25, 0.3) is 5.91 Å². The predicted octanol–water partition coefficient (Wildman–Crippen LogP) is 3.90. The maximum Gasteiger partial charge on any atom is 0.252 e. The molecule has 4 aromatic rings. The van der Waals surface area contributed by atoms with E-state index in [9.17, 15) is 17.6 Å². The van der Waals surface area contributed by atoms with Crippen LogP contribution in [0.1, 0.15) is 33.4 Å². The van der Waals surface area contributed by atoms with Crippen LogP contribution in [-0.2, 0) is 16.4 Å². The molecule has 10 heteroatoms. The van der Waals surface area contributed by atoms with E-state index < -0.39 is 15.7 Å². The number of nitrogens with one attached hydrogen (secondary N) is 1. The van der Waals surface area contributed by atoms with Crippen molar-refractivity contribution in [3.05, 3.63) is 69.8 Å². The molecule has 5 rings (SSSR count). The second-order valence-electron chi connectivity index (χ2n) is 8.08. The van der Waals surface area contributed by atoms with Gasteiger partial charge < -0.3 is 5.32 Å². The molecule has 0 aliphatic carbocycles. The van der Waals surface area contributed by atoms with E-state index >= 15 is 0 Å². The standard InChI is InChI=1S/C23H21FN4O3S2/c1-14-21-18(23(29)25-12-16-5-4-9-32-16)11-20(17-6-2-3-7-19(17)24)26-22(21)28(27-14)15-8-10-33(30,31)13-15/h2-7,9,11,15H,8,10,12-13H2,1H3,(H,25,29). The first-order chi connectivity index (χ1) is 15.8. The molecular formula is C23H21FN4O3S2. The van der Waals surface area contributed by atoms with E-state index in [0.29, 0.717) is 41.0 Å². The van der Waals surface area contributed by atoms with Gasteiger partial charge in [-0.15, -0.1) is 11.3 Å². The van der Waals surface area contributed by atoms with Crippen LogP contribution in [0.3, 0.4) is 0 Å². The molecule has 1 atom stereocenters. The van der Waals surface area contributed by atoms with E-state index in [0.717, 1.165) is 4.88 Å². The van der Waals surface area contributed by atoms with Crippen molar-refractivity contribution in [1.82, 2.24) is 20.1 Å². The topological polar surface area (TPSA) is 93.9 Å². The molecule has 0 saturated carbocycles. The molecule has 0 radical (unpaired) electrons. The first-order valence-electron chi connectivity index (χ1n) is 10.5. The number of hydrogen-bond donors (Lipinski definition) is 1. The minimum absolute atomic E-state index is 0.0330. The van der Waals surface area contributed by atoms with Crippen molar-refractivity contribution in [3.63, 3.8) is 0 Å². The second-order valence-corrected chi connectivity index (χ2v) is 11.3. The lowest BCUT2D eigenvalue weighted by molar-refractivity contribution is 0.0953. The Balaban J connectivity index is 1.66. The van der Waals surface area contributed by atoms with Gasteiger partial charge in [0.2, 0.25) is 0 Å². The van der Waals surface area contributed by atoms with Crippen LogP contribution < -0.4 is 5.32 Å². The quantitative estimate of drug-likeness (QED) is 0.464. The van der Waals surface area contributed by atoms with E-state index in [-0.39, 0.29) is 29.0 Å². The first-order valence-corrected chi connectivity index (χ1v) is 13.2. The van der Waals surface area contributed by atoms with Crippen molar-refractivity contribution in [3.8, 4) is 11.3 Å². The number of rotatable bonds is 5. The van der Waals surface area contributed by atoms with E-state index in [4.69, 9.17) is 0 Å². The average Bonchev–Trinajstić information content (AvgIpc) is 3.51. The highest BCUT2D eigenvalue weighted by molar-refractivity contribution is 7.91. The largest absolute Gasteiger partial charge is 0.347 e. The van der Waals surface area contributed by atoms with Gasteiger partial charge in [0.1, 0.15) is 5.82 Å². The number of thiophene rings is 1. The van der Waals surface area contributed by atoms with Crippen LogP contribution in [0.25, 0.3) is 22.3 Å². The van der Waals surface area contributed by atoms with Crippen LogP contribution in [0.2, 0.25) is 0 Å². The molecule has 0 spiro atoms. The number of carbonyl (C=O) groups is 1. The summed E-state index contributed by atoms with van der Waals surface area (Å²) in [5.41, 5.74) is 1.85. The third kappa shape index (κ3) is 4.16. The Bertz CT molecular complexity index is 1460. The maximum absolute atomic E-state index is 14.6. The van der Waals surface area contributed by atoms with Gasteiger partial charge >= 0.3 is 0 Å². The second kappa shape index (κ2) is 8.35. The number of amides is 1. The molecule has 1 saturated heterocycles. The van der Waals surface area contributed by atoms with Gasteiger partial charge in [-0.05, 0) is 43.0 Å². The number of benzene rings is 1. The fourth-order valence-electron chi connectivity index (χ4n) is 4.20. The summed E-state index contributed by atoms with van der Waals surface area (Å²) < 4.78 is 40.4. The SMILES string of the molecule is Cc1nn(C2CCS(=O)(=O)C2)c2nc(-c3ccccc3F)cc(C(=O)NCc3cccs3)c12. The molecule has 1 amide bonds. The lowest BCUT2D eigenvalue weighted by Gasteiger charge is -2.12. The minimum Gasteiger partial charge on any atom is -0.347 e. The Kier molecular flexibility index (Phi) is 5.49. The smallest absolute Gasteiger partial charge is 0.252 e. The maximum atomic E-state index is 14.6. The van der Waals surface area contributed by atoms with Gasteiger partial charge in [0.05, 0.1) is 46.4 Å². The summed E-state index contributed by atoms with van der Waals surface area (Å²) in [6.07, 6.45) is 0.421. The number of hydrogen-bond acceptors (Lipinski definition) is 6. The van der Waals surface area contributed by atoms with Crippen molar-refractivity contribution in [2.75, 3.05) is 11.5 Å². The number of aromatic nitrogens is 3. The van der Waals surface area contributed by atoms with Crippen LogP contribution in [0.5, 0.6) is 0 Å². The van der Waals surface area contributed by atoms with Gasteiger partial charge in [-0.25, -0.2) is 22.5 Å². The van der Waals surface area contributed by atoms with Gasteiger partial charge in [0.15, 0.2) is 15.5 Å². The van der Waals surface area contributed by atoms with Gasteiger partial charge in [-0.3, -0.25) is 4.79 Å². The highest BCUT2D eigenvalue weighted by Crippen LogP contribution is 2.32. The summed E-state index contributed by atoms with van der Waals surface area (Å²) in [5.74, 6) is -0.732. The molecule has 3 aromatic heterocycles. The van der Waals surface area contributed by atoms with Gasteiger partial charge in [0, 0.05) is 10.4 Å². The summed E-state index contributed by atoms with van der Waals surface area (Å²) in [7, 11) is -3.16. The third-order valence-corrected chi connectivity index (χ3v) is 8.42. The Labute approximate surface area is 194 Å². The first kappa shape index (κ1) is 21.7. The number of pyridine rings is 1. The van der Waals surface area contributed by atoms with E-state index in [2.05, 4.69) is 15.4 Å². The van der Waals surface area contributed by atoms with Crippen LogP contribution in [0.15, 0.2) is 47.8 Å². The number of sulfone groups is 1. The van der Waals surface area contributed by atoms with Crippen molar-refractivity contribution in [1.29, 1.82) is 0 Å². The number of fused-ring (bicyclic) bond motifs is 1. The Hall–Kier alpha value is -3.11. The van der Waals surface area contributed by atoms with Crippen molar-refractivity contribution in [2.24, 2.45) is 0 Å². The Morgan fingerprint density at radius 1 is 1.27 bits per heavy atom. The minimum atomic E-state index is -3.16. The molecule has 1 unspecified atom stereocenters. The zero-order valence-electron chi connectivity index (χ0n) is 17.8. The molecule has 1 aromatic carbocycles. The van der Waals surface area contributed by atoms with E-state index in [1.807, 2.05) is 17.5 Å². The summed E-state index contributed by atoms with van der Waals surface area (Å²) in [5, 5.41) is 9.97. The third-order valence-electron chi connectivity index (χ3n) is 5.79. The normalized spacial score (nSPS) is 17.5. The molecule has 7 nitrogen and oxygen atoms in total. The molecule has 0 bridgehead atoms. The number of carbonyl (C=O) groups excluding carboxylic acids is 1. The highest BCUT2D eigenvalue weighted by Gasteiger charge is 2.32. The predicted molar refractivity (Wildman–Crippen MR) is 125 cm³/mol. The summed E-state index contributed by atoms with van der Waals surface area (Å²) in [6, 6.07) is 11.3. The van der Waals surface area contributed by atoms with Crippen molar-refractivity contribution >= 4 is 38.1 Å². The van der Waals surface area contributed by atoms with Crippen LogP contribution in [0.4, 0.5) is 4.39 Å². The fraction of sp³-hybridized carbons (Fsp3) is 0.261. The molecule has 170 valence electrons. The van der Waals surface area contributed by atoms with Gasteiger partial charge in [-0.1, -0.05) is 18.2 Å². The lowest BCUT2D eigenvalue weighted by atomic mass is 10.0. The van der Waals surface area contributed by atoms with Crippen LogP contribution in [-0.4, -0.2) is 40.6 Å². The zero-order chi connectivity index (χ0) is 23.2. The fourth-order valence-corrected chi connectivity index (χ4v) is 6.53. The molecule has 1 aliphatic rings. The molecule has 33 heavy (non-hydrogen) atoms.